The minimum Gasteiger partial charge on any atom is -0.394 e. The van der Waals surface area contributed by atoms with E-state index in [2.05, 4.69) is 43.5 Å². The van der Waals surface area contributed by atoms with Crippen molar-refractivity contribution in [2.24, 2.45) is 0 Å². The minimum atomic E-state index is -1.79. The average Bonchev–Trinajstić information content (AvgIpc) is 3.36. The molecule has 2 heterocycles. The van der Waals surface area contributed by atoms with E-state index in [-0.39, 0.29) is 18.9 Å². The molecule has 2 aliphatic heterocycles. The molecule has 0 aromatic carbocycles. The summed E-state index contributed by atoms with van der Waals surface area (Å²) >= 11 is 0. The highest BCUT2D eigenvalue weighted by atomic mass is 16.7. The number of hydrogen-bond acceptors (Lipinski definition) is 13. The van der Waals surface area contributed by atoms with Crippen LogP contribution in [0.2, 0.25) is 0 Å². The van der Waals surface area contributed by atoms with Crippen molar-refractivity contribution in [2.75, 3.05) is 19.8 Å². The topological polar surface area (TPSA) is 228 Å². The number of aliphatic hydroxyl groups is 8. The Hall–Kier alpha value is -1.79. The first-order valence-electron chi connectivity index (χ1n) is 28.2. The smallest absolute Gasteiger partial charge is 0.220 e. The largest absolute Gasteiger partial charge is 0.394 e. The molecule has 70 heavy (non-hydrogen) atoms. The summed E-state index contributed by atoms with van der Waals surface area (Å²) in [5.41, 5.74) is 0. The summed E-state index contributed by atoms with van der Waals surface area (Å²) in [5.74, 6) is -0.254. The zero-order valence-electron chi connectivity index (χ0n) is 43.8. The molecule has 0 spiro atoms. The van der Waals surface area contributed by atoms with Gasteiger partial charge in [0.25, 0.3) is 0 Å². The highest BCUT2D eigenvalue weighted by Gasteiger charge is 2.51. The number of aliphatic hydroxyl groups excluding tert-OH is 8. The maximum Gasteiger partial charge on any atom is 0.220 e. The summed E-state index contributed by atoms with van der Waals surface area (Å²) < 4.78 is 22.7. The Morgan fingerprint density at radius 2 is 0.914 bits per heavy atom. The predicted octanol–water partition coefficient (Wildman–Crippen LogP) is 8.66. The van der Waals surface area contributed by atoms with E-state index in [1.165, 1.54) is 141 Å². The SMILES string of the molecule is CCCCCCCCCCCCCCCCC/C=C/CC/C=C/CC/C=C/C(O)C(COC1OC(CO)C(OC2OC(CO)C(O)C(O)C2O)C(O)C1O)NC(=O)CCCCCCCCCCCCC. The number of allylic oxidation sites excluding steroid dienone is 5. The zero-order valence-corrected chi connectivity index (χ0v) is 43.8. The van der Waals surface area contributed by atoms with Crippen LogP contribution in [0, 0.1) is 0 Å². The molecule has 14 nitrogen and oxygen atoms in total. The van der Waals surface area contributed by atoms with Gasteiger partial charge in [-0.05, 0) is 44.9 Å². The molecule has 0 radical (unpaired) electrons. The van der Waals surface area contributed by atoms with Crippen LogP contribution in [0.25, 0.3) is 0 Å². The van der Waals surface area contributed by atoms with Crippen molar-refractivity contribution < 1.29 is 64.6 Å². The van der Waals surface area contributed by atoms with Crippen LogP contribution in [0.5, 0.6) is 0 Å². The van der Waals surface area contributed by atoms with Crippen molar-refractivity contribution in [1.29, 1.82) is 0 Å². The van der Waals surface area contributed by atoms with Gasteiger partial charge in [-0.15, -0.1) is 0 Å². The van der Waals surface area contributed by atoms with E-state index in [4.69, 9.17) is 18.9 Å². The number of amides is 1. The van der Waals surface area contributed by atoms with Gasteiger partial charge in [0.1, 0.15) is 48.8 Å². The van der Waals surface area contributed by atoms with Gasteiger partial charge in [-0.2, -0.15) is 0 Å². The van der Waals surface area contributed by atoms with Gasteiger partial charge < -0.3 is 65.1 Å². The molecule has 2 aliphatic rings. The van der Waals surface area contributed by atoms with Crippen LogP contribution in [0.3, 0.4) is 0 Å². The first kappa shape index (κ1) is 64.3. The van der Waals surface area contributed by atoms with Gasteiger partial charge in [-0.3, -0.25) is 4.79 Å². The average molecular weight is 998 g/mol. The normalized spacial score (nSPS) is 26.2. The van der Waals surface area contributed by atoms with Crippen molar-refractivity contribution in [2.45, 2.75) is 293 Å². The highest BCUT2D eigenvalue weighted by molar-refractivity contribution is 5.76. The van der Waals surface area contributed by atoms with Crippen LogP contribution in [-0.4, -0.2) is 140 Å². The molecule has 12 unspecified atom stereocenters. The summed E-state index contributed by atoms with van der Waals surface area (Å²) in [6.07, 6.45) is 33.5. The van der Waals surface area contributed by atoms with Crippen molar-refractivity contribution >= 4 is 5.91 Å². The van der Waals surface area contributed by atoms with Crippen molar-refractivity contribution in [3.63, 3.8) is 0 Å². The first-order valence-corrected chi connectivity index (χ1v) is 28.2. The Balaban J connectivity index is 1.78. The van der Waals surface area contributed by atoms with Crippen LogP contribution in [0.15, 0.2) is 36.5 Å². The number of nitrogens with one attached hydrogen (secondary N) is 1. The molecule has 2 saturated heterocycles. The molecule has 0 aliphatic carbocycles. The quantitative estimate of drug-likeness (QED) is 0.0206. The van der Waals surface area contributed by atoms with Gasteiger partial charge in [0, 0.05) is 6.42 Å². The number of unbranched alkanes of at least 4 members (excludes halogenated alkanes) is 27. The van der Waals surface area contributed by atoms with Crippen LogP contribution in [0.1, 0.15) is 219 Å². The Kier molecular flexibility index (Phi) is 39.1. The second-order valence-electron chi connectivity index (χ2n) is 20.1. The molecule has 2 rings (SSSR count). The molecule has 9 N–H and O–H groups in total. The predicted molar refractivity (Wildman–Crippen MR) is 277 cm³/mol. The fourth-order valence-electron chi connectivity index (χ4n) is 9.21. The Morgan fingerprint density at radius 1 is 0.500 bits per heavy atom. The number of hydrogen-bond donors (Lipinski definition) is 9. The maximum atomic E-state index is 13.2. The molecule has 1 amide bonds. The van der Waals surface area contributed by atoms with Crippen LogP contribution in [0.4, 0.5) is 0 Å². The van der Waals surface area contributed by atoms with Crippen molar-refractivity contribution in [3.05, 3.63) is 36.5 Å². The molecule has 410 valence electrons. The summed E-state index contributed by atoms with van der Waals surface area (Å²) in [4.78, 5) is 13.2. The van der Waals surface area contributed by atoms with Crippen molar-refractivity contribution in [1.82, 2.24) is 5.32 Å². The summed E-state index contributed by atoms with van der Waals surface area (Å²) in [7, 11) is 0. The fourth-order valence-corrected chi connectivity index (χ4v) is 9.21. The highest BCUT2D eigenvalue weighted by Crippen LogP contribution is 2.30. The monoisotopic (exact) mass is 998 g/mol. The lowest BCUT2D eigenvalue weighted by Crippen LogP contribution is -2.65. The Bertz CT molecular complexity index is 1320. The molecule has 0 aromatic rings. The standard InChI is InChI=1S/C56H103NO13/c1-3-5-7-9-11-13-15-16-17-18-19-20-21-22-23-24-25-26-27-28-30-31-33-35-37-39-45(60)44(57-48(61)40-38-36-34-32-29-14-12-10-8-6-4-2)43-67-55-53(66)51(64)54(47(42-59)69-55)70-56-52(65)50(63)49(62)46(41-58)68-56/h25-26,30-31,37,39,44-47,49-56,58-60,62-66H,3-24,27-29,32-36,38,40-43H2,1-2H3,(H,57,61)/b26-25+,31-30+,39-37+. The molecule has 2 fully saturated rings. The molecule has 0 aromatic heterocycles. The van der Waals surface area contributed by atoms with Gasteiger partial charge in [0.05, 0.1) is 32.0 Å². The lowest BCUT2D eigenvalue weighted by Gasteiger charge is -2.46. The van der Waals surface area contributed by atoms with E-state index in [9.17, 15) is 45.6 Å². The van der Waals surface area contributed by atoms with Gasteiger partial charge >= 0.3 is 0 Å². The Labute approximate surface area is 423 Å². The number of ether oxygens (including phenoxy) is 4. The maximum absolute atomic E-state index is 13.2. The molecular weight excluding hydrogens is 895 g/mol. The third-order valence-corrected chi connectivity index (χ3v) is 13.8. The van der Waals surface area contributed by atoms with Crippen LogP contribution >= 0.6 is 0 Å². The van der Waals surface area contributed by atoms with Crippen LogP contribution < -0.4 is 5.32 Å². The second-order valence-corrected chi connectivity index (χ2v) is 20.1. The van der Waals surface area contributed by atoms with E-state index in [1.807, 2.05) is 6.08 Å². The van der Waals surface area contributed by atoms with Gasteiger partial charge in [0.15, 0.2) is 12.6 Å². The van der Waals surface area contributed by atoms with Gasteiger partial charge in [-0.1, -0.05) is 204 Å². The van der Waals surface area contributed by atoms with E-state index in [1.54, 1.807) is 6.08 Å². The summed E-state index contributed by atoms with van der Waals surface area (Å²) in [6.45, 7) is 2.76. The molecule has 14 heteroatoms. The third-order valence-electron chi connectivity index (χ3n) is 13.8. The van der Waals surface area contributed by atoms with E-state index < -0.39 is 86.8 Å². The van der Waals surface area contributed by atoms with Gasteiger partial charge in [0.2, 0.25) is 5.91 Å². The number of carbonyl (C=O) groups excluding carboxylic acids is 1. The lowest BCUT2D eigenvalue weighted by molar-refractivity contribution is -0.359. The summed E-state index contributed by atoms with van der Waals surface area (Å²) in [5, 5.41) is 86.8. The fraction of sp³-hybridized carbons (Fsp3) is 0.875. The second kappa shape index (κ2) is 42.6. The van der Waals surface area contributed by atoms with Crippen LogP contribution in [-0.2, 0) is 23.7 Å². The zero-order chi connectivity index (χ0) is 51.0. The third kappa shape index (κ3) is 28.6. The molecule has 0 bridgehead atoms. The number of rotatable bonds is 44. The molecule has 12 atom stereocenters. The van der Waals surface area contributed by atoms with E-state index in [0.717, 1.165) is 44.9 Å². The first-order chi connectivity index (χ1) is 34.1. The summed E-state index contributed by atoms with van der Waals surface area (Å²) in [6, 6.07) is -0.934. The lowest BCUT2D eigenvalue weighted by atomic mass is 9.97. The Morgan fingerprint density at radius 3 is 1.40 bits per heavy atom. The number of carbonyl (C=O) groups is 1. The van der Waals surface area contributed by atoms with Gasteiger partial charge in [-0.25, -0.2) is 0 Å². The van der Waals surface area contributed by atoms with E-state index >= 15 is 0 Å². The molecular formula is C56H103NO13. The minimum absolute atomic E-state index is 0.254. The molecule has 0 saturated carbocycles. The van der Waals surface area contributed by atoms with E-state index in [0.29, 0.717) is 12.8 Å². The van der Waals surface area contributed by atoms with Crippen molar-refractivity contribution in [3.8, 4) is 0 Å².